The summed E-state index contributed by atoms with van der Waals surface area (Å²) in [6.45, 7) is 14.2. The smallest absolute Gasteiger partial charge is 0.305 e. The first kappa shape index (κ1) is 37.8. The third kappa shape index (κ3) is 6.86. The number of nitrogens with zero attached hydrogens (tertiary/aromatic N) is 3. The van der Waals surface area contributed by atoms with Crippen LogP contribution in [0, 0.1) is 0 Å². The number of carbonyl (C=O) groups excluding carboxylic acids is 5. The van der Waals surface area contributed by atoms with Gasteiger partial charge in [-0.05, 0) is 63.3 Å². The molecule has 8 bridgehead atoms. The van der Waals surface area contributed by atoms with Crippen LogP contribution in [0.15, 0.2) is 18.2 Å². The molecule has 0 fully saturated rings. The second-order valence-corrected chi connectivity index (χ2v) is 14.8. The van der Waals surface area contributed by atoms with Gasteiger partial charge in [0.05, 0.1) is 51.4 Å². The molecule has 11 nitrogen and oxygen atoms in total. The highest BCUT2D eigenvalue weighted by Gasteiger charge is 2.41. The lowest BCUT2D eigenvalue weighted by atomic mass is 9.84. The molecular weight excluding hydrogens is 670 g/mol. The van der Waals surface area contributed by atoms with Crippen LogP contribution in [0.5, 0.6) is 0 Å². The molecule has 0 unspecified atom stereocenters. The Balaban J connectivity index is 1.71. The van der Waals surface area contributed by atoms with Crippen molar-refractivity contribution < 1.29 is 28.7 Å². The molecule has 0 spiro atoms. The number of hydrogen-bond acceptors (Lipinski definition) is 8. The van der Waals surface area contributed by atoms with Crippen LogP contribution in [0.1, 0.15) is 189 Å². The van der Waals surface area contributed by atoms with Gasteiger partial charge in [-0.2, -0.15) is 0 Å². The van der Waals surface area contributed by atoms with E-state index in [4.69, 9.17) is 14.7 Å². The first-order chi connectivity index (χ1) is 25.4. The molecule has 0 saturated carbocycles. The van der Waals surface area contributed by atoms with Crippen molar-refractivity contribution in [3.05, 3.63) is 69.1 Å². The second kappa shape index (κ2) is 15.6. The Hall–Kier alpha value is -4.93. The van der Waals surface area contributed by atoms with E-state index in [1.807, 2.05) is 39.0 Å². The highest BCUT2D eigenvalue weighted by Crippen LogP contribution is 2.45. The van der Waals surface area contributed by atoms with Crippen LogP contribution in [0.3, 0.4) is 0 Å². The van der Waals surface area contributed by atoms with Gasteiger partial charge in [0, 0.05) is 59.3 Å². The van der Waals surface area contributed by atoms with Crippen LogP contribution in [-0.2, 0) is 14.3 Å². The molecule has 0 aliphatic carbocycles. The normalized spacial score (nSPS) is 20.2. The zero-order valence-corrected chi connectivity index (χ0v) is 32.0. The number of ketones is 1. The van der Waals surface area contributed by atoms with E-state index in [2.05, 4.69) is 30.7 Å². The zero-order valence-electron chi connectivity index (χ0n) is 32.0. The topological polar surface area (TPSA) is 155 Å². The van der Waals surface area contributed by atoms with Crippen molar-refractivity contribution in [1.29, 1.82) is 0 Å². The number of ether oxygens (including phenoxy) is 1. The van der Waals surface area contributed by atoms with E-state index in [1.165, 1.54) is 4.90 Å². The summed E-state index contributed by atoms with van der Waals surface area (Å²) < 4.78 is 5.42. The maximum Gasteiger partial charge on any atom is 0.305 e. The Morgan fingerprint density at radius 3 is 2.32 bits per heavy atom. The number of nitrogens with one attached hydrogen (secondary N) is 2. The molecule has 0 radical (unpaired) electrons. The SMILES string of the molecule is CCCCCCN1C(=O)c2c3nc(cc4nc(cc5[nH]c(cc6[nH]c2c(c6C=O)C1=O)[C@H](CC)[C@H]5C)C(C(C)=O)=C4C)[C@@H](C)[C@@H]3CCC(=O)OCCC. The second-order valence-electron chi connectivity index (χ2n) is 14.8. The van der Waals surface area contributed by atoms with Crippen molar-refractivity contribution in [2.75, 3.05) is 13.2 Å². The van der Waals surface area contributed by atoms with Crippen molar-refractivity contribution in [3.63, 3.8) is 0 Å². The maximum atomic E-state index is 14.7. The van der Waals surface area contributed by atoms with Gasteiger partial charge in [-0.25, -0.2) is 4.98 Å². The molecule has 2 aromatic rings. The number of esters is 1. The fraction of sp³-hybridized carbons (Fsp3) is 0.500. The van der Waals surface area contributed by atoms with Crippen LogP contribution in [0.25, 0.3) is 22.2 Å². The minimum Gasteiger partial charge on any atom is -0.466 e. The highest BCUT2D eigenvalue weighted by molar-refractivity contribution is 6.27. The van der Waals surface area contributed by atoms with Gasteiger partial charge in [0.2, 0.25) is 0 Å². The largest absolute Gasteiger partial charge is 0.466 e. The molecular formula is C42H51N5O6. The van der Waals surface area contributed by atoms with Gasteiger partial charge in [-0.15, -0.1) is 0 Å². The number of aldehydes is 1. The Morgan fingerprint density at radius 2 is 1.64 bits per heavy atom. The number of aromatic nitrogens is 4. The van der Waals surface area contributed by atoms with Gasteiger partial charge < -0.3 is 14.7 Å². The fourth-order valence-electron chi connectivity index (χ4n) is 8.37. The van der Waals surface area contributed by atoms with Gasteiger partial charge in [0.15, 0.2) is 12.1 Å². The Morgan fingerprint density at radius 1 is 0.887 bits per heavy atom. The Labute approximate surface area is 310 Å². The van der Waals surface area contributed by atoms with Crippen LogP contribution >= 0.6 is 0 Å². The summed E-state index contributed by atoms with van der Waals surface area (Å²) in [6.07, 6.45) is 6.08. The molecule has 0 aromatic carbocycles. The number of Topliss-reactive ketones (excluding diaryl/α,β-unsaturated/α-hetero) is 1. The zero-order chi connectivity index (χ0) is 38.1. The van der Waals surface area contributed by atoms with E-state index in [0.717, 1.165) is 42.6 Å². The summed E-state index contributed by atoms with van der Waals surface area (Å²) >= 11 is 0. The molecule has 2 amide bonds. The van der Waals surface area contributed by atoms with Crippen molar-refractivity contribution >= 4 is 52.0 Å². The van der Waals surface area contributed by atoms with E-state index in [9.17, 15) is 24.0 Å². The van der Waals surface area contributed by atoms with Crippen molar-refractivity contribution in [2.45, 2.75) is 124 Å². The van der Waals surface area contributed by atoms with E-state index in [-0.39, 0.29) is 64.7 Å². The molecule has 2 N–H and O–H groups in total. The first-order valence-electron chi connectivity index (χ1n) is 19.2. The molecule has 6 heterocycles. The molecule has 2 aromatic heterocycles. The third-order valence-electron chi connectivity index (χ3n) is 11.4. The average molecular weight is 722 g/mol. The van der Waals surface area contributed by atoms with E-state index in [0.29, 0.717) is 66.0 Å². The van der Waals surface area contributed by atoms with Crippen LogP contribution in [0.4, 0.5) is 0 Å². The Kier molecular flexibility index (Phi) is 11.1. The lowest BCUT2D eigenvalue weighted by Crippen LogP contribution is -2.41. The monoisotopic (exact) mass is 721 g/mol. The average Bonchev–Trinajstić information content (AvgIpc) is 3.82. The minimum absolute atomic E-state index is 0.0418. The summed E-state index contributed by atoms with van der Waals surface area (Å²) in [5.41, 5.74) is 6.55. The Bertz CT molecular complexity index is 2090. The van der Waals surface area contributed by atoms with Crippen molar-refractivity contribution in [3.8, 4) is 0 Å². The number of imide groups is 1. The van der Waals surface area contributed by atoms with Gasteiger partial charge in [-0.1, -0.05) is 53.9 Å². The highest BCUT2D eigenvalue weighted by atomic mass is 16.5. The van der Waals surface area contributed by atoms with Gasteiger partial charge in [-0.3, -0.25) is 33.9 Å². The van der Waals surface area contributed by atoms with Crippen LogP contribution in [0.2, 0.25) is 0 Å². The molecule has 4 aliphatic heterocycles. The number of hydrogen-bond donors (Lipinski definition) is 2. The predicted octanol–water partition coefficient (Wildman–Crippen LogP) is 8.46. The van der Waals surface area contributed by atoms with E-state index >= 15 is 0 Å². The van der Waals surface area contributed by atoms with Gasteiger partial charge in [0.1, 0.15) is 0 Å². The molecule has 4 aliphatic rings. The standard InChI is InChI=1S/C42H51N5O6/c1-8-11-12-13-16-47-41(51)37-28(21-48)33-20-32-26(10-3)22(4)29(43-32)19-34-36(25(7)49)24(6)31(44-34)18-30-23(5)27(14-15-35(50)53-17-9-2)39(45-30)38(42(47)52)40(37)46-33/h18-23,26-27,43,46H,8-17H2,1-7H3/t22-,23+,26-,27+/m1/s1. The summed E-state index contributed by atoms with van der Waals surface area (Å²) in [5.74, 6) is -1.99. The number of unbranched alkanes of at least 4 members (excludes halogenated alkanes) is 3. The summed E-state index contributed by atoms with van der Waals surface area (Å²) in [5, 5.41) is 0. The minimum atomic E-state index is -0.505. The lowest BCUT2D eigenvalue weighted by molar-refractivity contribution is -0.143. The molecule has 6 rings (SSSR count). The predicted molar refractivity (Wildman–Crippen MR) is 203 cm³/mol. The quantitative estimate of drug-likeness (QED) is 0.0904. The van der Waals surface area contributed by atoms with E-state index < -0.39 is 17.7 Å². The van der Waals surface area contributed by atoms with Gasteiger partial charge >= 0.3 is 5.97 Å². The number of H-pyrrole nitrogens is 2. The molecule has 280 valence electrons. The number of allylic oxidation sites excluding steroid dienone is 2. The lowest BCUT2D eigenvalue weighted by Gasteiger charge is -2.27. The number of carbonyl (C=O) groups is 5. The third-order valence-corrected chi connectivity index (χ3v) is 11.4. The number of aromatic amines is 2. The summed E-state index contributed by atoms with van der Waals surface area (Å²) in [6, 6.07) is 5.68. The maximum absolute atomic E-state index is 14.7. The van der Waals surface area contributed by atoms with Crippen LogP contribution < -0.4 is 0 Å². The van der Waals surface area contributed by atoms with Gasteiger partial charge in [0.25, 0.3) is 11.8 Å². The molecule has 11 heteroatoms. The first-order valence-corrected chi connectivity index (χ1v) is 19.2. The van der Waals surface area contributed by atoms with Crippen molar-refractivity contribution in [2.24, 2.45) is 0 Å². The molecule has 53 heavy (non-hydrogen) atoms. The van der Waals surface area contributed by atoms with E-state index in [1.54, 1.807) is 6.92 Å². The summed E-state index contributed by atoms with van der Waals surface area (Å²) in [7, 11) is 0. The number of fused-ring (bicyclic) bond motifs is 8. The molecule has 4 atom stereocenters. The number of rotatable bonds is 13. The number of amides is 2. The summed E-state index contributed by atoms with van der Waals surface area (Å²) in [4.78, 5) is 86.2. The van der Waals surface area contributed by atoms with Crippen molar-refractivity contribution in [1.82, 2.24) is 24.8 Å². The van der Waals surface area contributed by atoms with Crippen LogP contribution in [-0.4, -0.2) is 67.8 Å². The fourth-order valence-corrected chi connectivity index (χ4v) is 8.37. The molecule has 0 saturated heterocycles.